The molecule has 5 nitrogen and oxygen atoms in total. The molecule has 0 radical (unpaired) electrons. The first-order chi connectivity index (χ1) is 12.6. The molecule has 0 fully saturated rings. The molecule has 1 unspecified atom stereocenters. The van der Waals surface area contributed by atoms with Crippen LogP contribution >= 0.6 is 11.8 Å². The molecule has 0 spiro atoms. The topological polar surface area (TPSA) is 75.6 Å². The molecule has 0 aliphatic heterocycles. The van der Waals surface area contributed by atoms with Crippen molar-refractivity contribution >= 4 is 23.0 Å². The Morgan fingerprint density at radius 3 is 2.27 bits per heavy atom. The number of hydrogen-bond acceptors (Lipinski definition) is 5. The van der Waals surface area contributed by atoms with Crippen LogP contribution < -0.4 is 5.32 Å². The maximum atomic E-state index is 12.1. The van der Waals surface area contributed by atoms with Gasteiger partial charge in [-0.25, -0.2) is 4.79 Å². The summed E-state index contributed by atoms with van der Waals surface area (Å²) in [6.07, 6.45) is -0.614. The second kappa shape index (κ2) is 8.38. The number of benzene rings is 2. The van der Waals surface area contributed by atoms with Crippen LogP contribution in [0, 0.1) is 0 Å². The van der Waals surface area contributed by atoms with Gasteiger partial charge in [-0.1, -0.05) is 60.3 Å². The Morgan fingerprint density at radius 2 is 1.69 bits per heavy atom. The highest BCUT2D eigenvalue weighted by molar-refractivity contribution is 8.13. The number of nitrogens with one attached hydrogen (secondary N) is 1. The maximum Gasteiger partial charge on any atom is 0.407 e. The fourth-order valence-corrected chi connectivity index (χ4v) is 3.75. The highest BCUT2D eigenvalue weighted by atomic mass is 32.2. The predicted octanol–water partition coefficient (Wildman–Crippen LogP) is 3.17. The van der Waals surface area contributed by atoms with E-state index in [4.69, 9.17) is 9.84 Å². The van der Waals surface area contributed by atoms with Crippen LogP contribution in [0.4, 0.5) is 4.79 Å². The van der Waals surface area contributed by atoms with Crippen molar-refractivity contribution in [1.29, 1.82) is 0 Å². The van der Waals surface area contributed by atoms with Crippen molar-refractivity contribution in [3.8, 4) is 11.1 Å². The lowest BCUT2D eigenvalue weighted by molar-refractivity contribution is -0.112. The molecule has 0 bridgehead atoms. The summed E-state index contributed by atoms with van der Waals surface area (Å²) in [6, 6.07) is 15.6. The molecule has 0 saturated carbocycles. The van der Waals surface area contributed by atoms with Crippen molar-refractivity contribution in [3.63, 3.8) is 0 Å². The number of rotatable bonds is 6. The summed E-state index contributed by atoms with van der Waals surface area (Å²) < 4.78 is 5.40. The number of fused-ring (bicyclic) bond motifs is 3. The van der Waals surface area contributed by atoms with Crippen LogP contribution in [0.1, 0.15) is 24.0 Å². The first kappa shape index (κ1) is 18.5. The zero-order valence-electron chi connectivity index (χ0n) is 14.5. The summed E-state index contributed by atoms with van der Waals surface area (Å²) in [5, 5.41) is 11.1. The molecule has 1 atom stereocenters. The van der Waals surface area contributed by atoms with E-state index in [1.165, 1.54) is 11.1 Å². The average molecular weight is 371 g/mol. The third kappa shape index (κ3) is 3.92. The number of carbonyl (C=O) groups excluding carboxylic acids is 2. The smallest absolute Gasteiger partial charge is 0.407 e. The van der Waals surface area contributed by atoms with Gasteiger partial charge in [-0.2, -0.15) is 0 Å². The molecule has 3 rings (SSSR count). The van der Waals surface area contributed by atoms with E-state index >= 15 is 0 Å². The van der Waals surface area contributed by atoms with Gasteiger partial charge >= 0.3 is 6.09 Å². The largest absolute Gasteiger partial charge is 0.449 e. The van der Waals surface area contributed by atoms with Crippen LogP contribution in [0.5, 0.6) is 0 Å². The lowest BCUT2D eigenvalue weighted by Crippen LogP contribution is -2.38. The number of ether oxygens (including phenoxy) is 1. The van der Waals surface area contributed by atoms with Crippen molar-refractivity contribution in [2.75, 3.05) is 19.0 Å². The summed E-state index contributed by atoms with van der Waals surface area (Å²) in [4.78, 5) is 23.9. The second-order valence-electron chi connectivity index (χ2n) is 6.08. The van der Waals surface area contributed by atoms with Crippen LogP contribution in [0.15, 0.2) is 48.5 Å². The molecule has 26 heavy (non-hydrogen) atoms. The minimum absolute atomic E-state index is 0.0112. The van der Waals surface area contributed by atoms with Crippen LogP contribution in [0.2, 0.25) is 0 Å². The molecular weight excluding hydrogens is 350 g/mol. The molecule has 2 aromatic rings. The summed E-state index contributed by atoms with van der Waals surface area (Å²) in [5.41, 5.74) is 4.62. The number of hydrogen-bond donors (Lipinski definition) is 2. The van der Waals surface area contributed by atoms with Crippen molar-refractivity contribution < 1.29 is 19.4 Å². The van der Waals surface area contributed by atoms with Gasteiger partial charge in [0, 0.05) is 11.7 Å². The Bertz CT molecular complexity index is 762. The van der Waals surface area contributed by atoms with Crippen LogP contribution in [-0.4, -0.2) is 41.3 Å². The highest BCUT2D eigenvalue weighted by Crippen LogP contribution is 2.44. The Morgan fingerprint density at radius 1 is 1.12 bits per heavy atom. The molecule has 2 N–H and O–H groups in total. The predicted molar refractivity (Wildman–Crippen MR) is 102 cm³/mol. The molecule has 1 aliphatic rings. The fraction of sp³-hybridized carbons (Fsp3) is 0.300. The zero-order chi connectivity index (χ0) is 18.5. The molecule has 1 amide bonds. The standard InChI is InChI=1S/C20H21NO4S/c1-13(19(23)26-11-10-22)21-20(24)25-12-18-16-8-4-2-6-14(16)15-7-3-5-9-17(15)18/h2-9,13,18,22H,10-12H2,1H3,(H,21,24). The van der Waals surface area contributed by atoms with Crippen molar-refractivity contribution in [3.05, 3.63) is 59.7 Å². The quantitative estimate of drug-likeness (QED) is 0.816. The summed E-state index contributed by atoms with van der Waals surface area (Å²) in [7, 11) is 0. The Balaban J connectivity index is 1.63. The van der Waals surface area contributed by atoms with Crippen LogP contribution in [0.25, 0.3) is 11.1 Å². The molecule has 0 saturated heterocycles. The lowest BCUT2D eigenvalue weighted by Gasteiger charge is -2.16. The molecule has 6 heteroatoms. The van der Waals surface area contributed by atoms with Crippen molar-refractivity contribution in [1.82, 2.24) is 5.32 Å². The van der Waals surface area contributed by atoms with E-state index in [1.54, 1.807) is 6.92 Å². The monoisotopic (exact) mass is 371 g/mol. The van der Waals surface area contributed by atoms with Gasteiger partial charge in [0.2, 0.25) is 5.12 Å². The van der Waals surface area contributed by atoms with Crippen LogP contribution in [-0.2, 0) is 9.53 Å². The van der Waals surface area contributed by atoms with Gasteiger partial charge in [0.15, 0.2) is 0 Å². The number of aliphatic hydroxyl groups excluding tert-OH is 1. The van der Waals surface area contributed by atoms with Gasteiger partial charge in [0.05, 0.1) is 12.6 Å². The van der Waals surface area contributed by atoms with E-state index in [9.17, 15) is 9.59 Å². The van der Waals surface area contributed by atoms with Crippen molar-refractivity contribution in [2.24, 2.45) is 0 Å². The minimum Gasteiger partial charge on any atom is -0.449 e. The fourth-order valence-electron chi connectivity index (χ4n) is 3.15. The van der Waals surface area contributed by atoms with E-state index in [0.29, 0.717) is 5.75 Å². The third-order valence-corrected chi connectivity index (χ3v) is 5.39. The molecule has 2 aromatic carbocycles. The average Bonchev–Trinajstić information content (AvgIpc) is 2.98. The highest BCUT2D eigenvalue weighted by Gasteiger charge is 2.29. The minimum atomic E-state index is -0.665. The van der Waals surface area contributed by atoms with Gasteiger partial charge in [0.25, 0.3) is 0 Å². The van der Waals surface area contributed by atoms with E-state index in [2.05, 4.69) is 29.6 Å². The first-order valence-electron chi connectivity index (χ1n) is 8.51. The van der Waals surface area contributed by atoms with Crippen molar-refractivity contribution in [2.45, 2.75) is 18.9 Å². The Kier molecular flexibility index (Phi) is 5.96. The van der Waals surface area contributed by atoms with Gasteiger partial charge in [0.1, 0.15) is 6.61 Å². The maximum absolute atomic E-state index is 12.1. The Labute approximate surface area is 156 Å². The SMILES string of the molecule is CC(NC(=O)OCC1c2ccccc2-c2ccccc21)C(=O)SCCO. The molecular formula is C20H21NO4S. The van der Waals surface area contributed by atoms with Gasteiger partial charge in [-0.15, -0.1) is 0 Å². The first-order valence-corrected chi connectivity index (χ1v) is 9.49. The normalized spacial score (nSPS) is 13.6. The van der Waals surface area contributed by atoms with Gasteiger partial charge in [-0.05, 0) is 29.2 Å². The molecule has 0 heterocycles. The summed E-state index contributed by atoms with van der Waals surface area (Å²) in [5.74, 6) is 0.304. The van der Waals surface area contributed by atoms with Gasteiger partial charge in [-0.3, -0.25) is 4.79 Å². The summed E-state index contributed by atoms with van der Waals surface area (Å²) >= 11 is 0.992. The number of alkyl carbamates (subject to hydrolysis) is 1. The van der Waals surface area contributed by atoms with Crippen LogP contribution in [0.3, 0.4) is 0 Å². The molecule has 0 aromatic heterocycles. The van der Waals surface area contributed by atoms with E-state index in [0.717, 1.165) is 22.9 Å². The zero-order valence-corrected chi connectivity index (χ0v) is 15.3. The number of carbonyl (C=O) groups is 2. The number of amides is 1. The number of aliphatic hydroxyl groups is 1. The van der Waals surface area contributed by atoms with Gasteiger partial charge < -0.3 is 15.2 Å². The molecule has 1 aliphatic carbocycles. The Hall–Kier alpha value is -2.31. The van der Waals surface area contributed by atoms with E-state index in [1.807, 2.05) is 24.3 Å². The summed E-state index contributed by atoms with van der Waals surface area (Å²) in [6.45, 7) is 1.74. The number of thioether (sulfide) groups is 1. The van der Waals surface area contributed by atoms with E-state index < -0.39 is 12.1 Å². The second-order valence-corrected chi connectivity index (χ2v) is 7.18. The van der Waals surface area contributed by atoms with E-state index in [-0.39, 0.29) is 24.2 Å². The third-order valence-electron chi connectivity index (χ3n) is 4.37. The molecule has 136 valence electrons. The lowest BCUT2D eigenvalue weighted by atomic mass is 9.98.